The van der Waals surface area contributed by atoms with Crippen LogP contribution < -0.4 is 0 Å². The van der Waals surface area contributed by atoms with Crippen LogP contribution in [0.5, 0.6) is 0 Å². The first-order chi connectivity index (χ1) is 11.5. The fourth-order valence-electron chi connectivity index (χ4n) is 3.87. The van der Waals surface area contributed by atoms with Crippen LogP contribution in [-0.4, -0.2) is 38.0 Å². The highest BCUT2D eigenvalue weighted by atomic mass is 16.2. The number of rotatable bonds is 4. The van der Waals surface area contributed by atoms with Gasteiger partial charge in [0.05, 0.1) is 0 Å². The third-order valence-corrected chi connectivity index (χ3v) is 5.02. The van der Waals surface area contributed by atoms with Gasteiger partial charge in [-0.3, -0.25) is 4.79 Å². The van der Waals surface area contributed by atoms with Crippen LogP contribution in [0.2, 0.25) is 0 Å². The van der Waals surface area contributed by atoms with Gasteiger partial charge in [0.25, 0.3) is 5.91 Å². The molecule has 2 aromatic heterocycles. The van der Waals surface area contributed by atoms with E-state index >= 15 is 0 Å². The smallest absolute Gasteiger partial charge is 0.270 e. The summed E-state index contributed by atoms with van der Waals surface area (Å²) in [6.07, 6.45) is 7.08. The van der Waals surface area contributed by atoms with E-state index in [0.29, 0.717) is 12.0 Å². The van der Waals surface area contributed by atoms with Gasteiger partial charge in [-0.05, 0) is 51.7 Å². The summed E-state index contributed by atoms with van der Waals surface area (Å²) in [5, 5.41) is 0. The van der Waals surface area contributed by atoms with Crippen molar-refractivity contribution in [2.45, 2.75) is 46.1 Å². The van der Waals surface area contributed by atoms with Crippen molar-refractivity contribution in [1.82, 2.24) is 19.0 Å². The minimum absolute atomic E-state index is 0.149. The molecule has 5 nitrogen and oxygen atoms in total. The molecule has 5 heteroatoms. The first-order valence-corrected chi connectivity index (χ1v) is 8.90. The number of amides is 1. The molecule has 1 atom stereocenters. The van der Waals surface area contributed by atoms with Gasteiger partial charge >= 0.3 is 0 Å². The van der Waals surface area contributed by atoms with Crippen molar-refractivity contribution in [2.24, 2.45) is 13.0 Å². The molecule has 130 valence electrons. The zero-order valence-corrected chi connectivity index (χ0v) is 15.2. The molecule has 1 fully saturated rings. The second-order valence-electron chi connectivity index (χ2n) is 7.25. The summed E-state index contributed by atoms with van der Waals surface area (Å²) in [7, 11) is 1.93. The first-order valence-electron chi connectivity index (χ1n) is 8.90. The molecular formula is C19H28N4O. The molecule has 1 aliphatic rings. The van der Waals surface area contributed by atoms with Gasteiger partial charge in [0.15, 0.2) is 0 Å². The van der Waals surface area contributed by atoms with Crippen LogP contribution in [0, 0.1) is 12.8 Å². The number of carbonyl (C=O) groups is 1. The molecule has 24 heavy (non-hydrogen) atoms. The molecule has 0 bridgehead atoms. The van der Waals surface area contributed by atoms with Gasteiger partial charge in [-0.2, -0.15) is 0 Å². The maximum Gasteiger partial charge on any atom is 0.270 e. The summed E-state index contributed by atoms with van der Waals surface area (Å²) in [5.41, 5.74) is 1.99. The summed E-state index contributed by atoms with van der Waals surface area (Å²) in [6.45, 7) is 8.20. The summed E-state index contributed by atoms with van der Waals surface area (Å²) in [6, 6.07) is 4.25. The SMILES string of the molecule is Cc1cnc(CC2CCCN(C(=O)c3cccn3C)C2)n1C(C)C. The van der Waals surface area contributed by atoms with E-state index in [4.69, 9.17) is 0 Å². The quantitative estimate of drug-likeness (QED) is 0.865. The van der Waals surface area contributed by atoms with E-state index in [2.05, 4.69) is 30.3 Å². The third kappa shape index (κ3) is 3.25. The minimum Gasteiger partial charge on any atom is -0.347 e. The van der Waals surface area contributed by atoms with Crippen LogP contribution >= 0.6 is 0 Å². The Morgan fingerprint density at radius 2 is 2.21 bits per heavy atom. The molecule has 2 aromatic rings. The fraction of sp³-hybridized carbons (Fsp3) is 0.579. The lowest BCUT2D eigenvalue weighted by molar-refractivity contribution is 0.0662. The second-order valence-corrected chi connectivity index (χ2v) is 7.25. The van der Waals surface area contributed by atoms with E-state index in [1.807, 2.05) is 41.0 Å². The average molecular weight is 328 g/mol. The van der Waals surface area contributed by atoms with E-state index in [9.17, 15) is 4.79 Å². The van der Waals surface area contributed by atoms with E-state index in [1.54, 1.807) is 0 Å². The van der Waals surface area contributed by atoms with Crippen LogP contribution in [0.4, 0.5) is 0 Å². The van der Waals surface area contributed by atoms with Crippen LogP contribution in [0.15, 0.2) is 24.5 Å². The number of aromatic nitrogens is 3. The molecule has 0 aromatic carbocycles. The molecule has 0 N–H and O–H groups in total. The van der Waals surface area contributed by atoms with E-state index in [0.717, 1.165) is 37.4 Å². The number of hydrogen-bond donors (Lipinski definition) is 0. The highest BCUT2D eigenvalue weighted by molar-refractivity contribution is 5.92. The van der Waals surface area contributed by atoms with Gasteiger partial charge in [0.2, 0.25) is 0 Å². The number of hydrogen-bond acceptors (Lipinski definition) is 2. The highest BCUT2D eigenvalue weighted by Gasteiger charge is 2.27. The highest BCUT2D eigenvalue weighted by Crippen LogP contribution is 2.24. The Kier molecular flexibility index (Phi) is 4.78. The lowest BCUT2D eigenvalue weighted by Gasteiger charge is -2.33. The maximum atomic E-state index is 12.7. The van der Waals surface area contributed by atoms with Crippen LogP contribution in [-0.2, 0) is 13.5 Å². The predicted molar refractivity (Wildman–Crippen MR) is 95.1 cm³/mol. The molecule has 0 aliphatic carbocycles. The Balaban J connectivity index is 1.70. The monoisotopic (exact) mass is 328 g/mol. The number of nitrogens with zero attached hydrogens (tertiary/aromatic N) is 4. The van der Waals surface area contributed by atoms with Gasteiger partial charge in [-0.25, -0.2) is 4.98 Å². The second kappa shape index (κ2) is 6.83. The Hall–Kier alpha value is -2.04. The molecule has 3 rings (SSSR count). The van der Waals surface area contributed by atoms with Crippen molar-refractivity contribution < 1.29 is 4.79 Å². The van der Waals surface area contributed by atoms with Crippen LogP contribution in [0.3, 0.4) is 0 Å². The standard InChI is InChI=1S/C19H28N4O/c1-14(2)23-15(3)12-20-18(23)11-16-7-5-10-22(13-16)19(24)17-8-6-9-21(17)4/h6,8-9,12,14,16H,5,7,10-11,13H2,1-4H3. The average Bonchev–Trinajstić information content (AvgIpc) is 3.13. The number of aryl methyl sites for hydroxylation is 2. The third-order valence-electron chi connectivity index (χ3n) is 5.02. The van der Waals surface area contributed by atoms with Gasteiger partial charge in [-0.1, -0.05) is 0 Å². The zero-order chi connectivity index (χ0) is 17.3. The lowest BCUT2D eigenvalue weighted by Crippen LogP contribution is -2.41. The van der Waals surface area contributed by atoms with Crippen molar-refractivity contribution in [2.75, 3.05) is 13.1 Å². The minimum atomic E-state index is 0.149. The molecule has 0 spiro atoms. The van der Waals surface area contributed by atoms with Gasteiger partial charge in [-0.15, -0.1) is 0 Å². The number of carbonyl (C=O) groups excluding carboxylic acids is 1. The summed E-state index contributed by atoms with van der Waals surface area (Å²) in [4.78, 5) is 19.4. The number of piperidine rings is 1. The first kappa shape index (κ1) is 16.8. The van der Waals surface area contributed by atoms with Gasteiger partial charge < -0.3 is 14.0 Å². The van der Waals surface area contributed by atoms with Gasteiger partial charge in [0.1, 0.15) is 11.5 Å². The fourth-order valence-corrected chi connectivity index (χ4v) is 3.87. The van der Waals surface area contributed by atoms with Crippen molar-refractivity contribution >= 4 is 5.91 Å². The Bertz CT molecular complexity index is 713. The summed E-state index contributed by atoms with van der Waals surface area (Å²) in [5.74, 6) is 1.79. The van der Waals surface area contributed by atoms with Crippen molar-refractivity contribution in [3.63, 3.8) is 0 Å². The van der Waals surface area contributed by atoms with Crippen molar-refractivity contribution in [3.8, 4) is 0 Å². The van der Waals surface area contributed by atoms with Crippen molar-refractivity contribution in [3.05, 3.63) is 41.7 Å². The molecule has 3 heterocycles. The molecule has 0 saturated carbocycles. The van der Waals surface area contributed by atoms with Crippen molar-refractivity contribution in [1.29, 1.82) is 0 Å². The largest absolute Gasteiger partial charge is 0.347 e. The summed E-state index contributed by atoms with van der Waals surface area (Å²) >= 11 is 0. The topological polar surface area (TPSA) is 43.1 Å². The Morgan fingerprint density at radius 1 is 1.42 bits per heavy atom. The maximum absolute atomic E-state index is 12.7. The van der Waals surface area contributed by atoms with Crippen LogP contribution in [0.25, 0.3) is 0 Å². The molecule has 1 aliphatic heterocycles. The Labute approximate surface area is 144 Å². The molecular weight excluding hydrogens is 300 g/mol. The zero-order valence-electron chi connectivity index (χ0n) is 15.2. The van der Waals surface area contributed by atoms with Crippen LogP contribution in [0.1, 0.15) is 54.7 Å². The van der Waals surface area contributed by atoms with Gasteiger partial charge in [0, 0.05) is 50.7 Å². The molecule has 1 unspecified atom stereocenters. The molecule has 0 radical (unpaired) electrons. The number of likely N-dealkylation sites (tertiary alicyclic amines) is 1. The lowest BCUT2D eigenvalue weighted by atomic mass is 9.94. The molecule has 1 amide bonds. The molecule has 1 saturated heterocycles. The Morgan fingerprint density at radius 3 is 2.88 bits per heavy atom. The predicted octanol–water partition coefficient (Wildman–Crippen LogP) is 3.21. The van der Waals surface area contributed by atoms with E-state index in [1.165, 1.54) is 12.1 Å². The van der Waals surface area contributed by atoms with E-state index in [-0.39, 0.29) is 5.91 Å². The normalized spacial score (nSPS) is 18.4. The van der Waals surface area contributed by atoms with E-state index < -0.39 is 0 Å². The summed E-state index contributed by atoms with van der Waals surface area (Å²) < 4.78 is 4.22. The number of imidazole rings is 1.